The van der Waals surface area contributed by atoms with Crippen molar-refractivity contribution in [2.75, 3.05) is 0 Å². The number of hydrogen-bond donors (Lipinski definition) is 7. The number of fused-ring (bicyclic) bond motifs is 1. The zero-order valence-corrected chi connectivity index (χ0v) is 26.4. The summed E-state index contributed by atoms with van der Waals surface area (Å²) in [6, 6.07) is -1.10. The van der Waals surface area contributed by atoms with E-state index in [9.17, 15) is 45.0 Å². The molecule has 13 atom stereocenters. The van der Waals surface area contributed by atoms with Crippen LogP contribution in [0.25, 0.3) is 0 Å². The number of carboxylic acid groups (broad SMARTS) is 1. The monoisotopic (exact) mass is 665 g/mol. The summed E-state index contributed by atoms with van der Waals surface area (Å²) < 4.78 is 22.2. The third kappa shape index (κ3) is 12.5. The molecular formula is C33H47NO13. The van der Waals surface area contributed by atoms with Gasteiger partial charge in [0.15, 0.2) is 6.29 Å². The van der Waals surface area contributed by atoms with Gasteiger partial charge in [-0.2, -0.15) is 0 Å². The van der Waals surface area contributed by atoms with E-state index >= 15 is 0 Å². The summed E-state index contributed by atoms with van der Waals surface area (Å²) in [5.74, 6) is -4.54. The summed E-state index contributed by atoms with van der Waals surface area (Å²) in [6.07, 6.45) is 3.57. The number of hydrogen-bond acceptors (Lipinski definition) is 13. The van der Waals surface area contributed by atoms with Gasteiger partial charge in [0.2, 0.25) is 0 Å². The number of aliphatic carboxylic acids is 1. The van der Waals surface area contributed by atoms with E-state index in [0.29, 0.717) is 6.42 Å². The Labute approximate surface area is 273 Å². The summed E-state index contributed by atoms with van der Waals surface area (Å²) in [5.41, 5.74) is 5.91. The molecule has 3 heterocycles. The van der Waals surface area contributed by atoms with E-state index in [1.165, 1.54) is 25.2 Å². The molecule has 0 radical (unpaired) electrons. The first-order valence-corrected chi connectivity index (χ1v) is 15.7. The zero-order valence-electron chi connectivity index (χ0n) is 26.4. The lowest BCUT2D eigenvalue weighted by molar-refractivity contribution is -0.277. The highest BCUT2D eigenvalue weighted by Gasteiger charge is 2.43. The summed E-state index contributed by atoms with van der Waals surface area (Å²) in [5, 5.41) is 62.6. The van der Waals surface area contributed by atoms with Crippen molar-refractivity contribution in [1.29, 1.82) is 0 Å². The van der Waals surface area contributed by atoms with Crippen LogP contribution >= 0.6 is 0 Å². The van der Waals surface area contributed by atoms with E-state index in [1.807, 2.05) is 6.08 Å². The largest absolute Gasteiger partial charge is 0.481 e. The minimum atomic E-state index is -1.80. The number of epoxide rings is 1. The van der Waals surface area contributed by atoms with E-state index in [2.05, 4.69) is 0 Å². The predicted octanol–water partition coefficient (Wildman–Crippen LogP) is -0.0377. The van der Waals surface area contributed by atoms with Gasteiger partial charge in [0.05, 0.1) is 48.8 Å². The van der Waals surface area contributed by atoms with Crippen LogP contribution < -0.4 is 5.73 Å². The van der Waals surface area contributed by atoms with Gasteiger partial charge in [-0.1, -0.05) is 48.6 Å². The molecule has 8 N–H and O–H groups in total. The van der Waals surface area contributed by atoms with Crippen LogP contribution in [0.3, 0.4) is 0 Å². The molecule has 3 aliphatic rings. The van der Waals surface area contributed by atoms with E-state index in [4.69, 9.17) is 24.7 Å². The predicted molar refractivity (Wildman–Crippen MR) is 166 cm³/mol. The van der Waals surface area contributed by atoms with E-state index in [0.717, 1.165) is 0 Å². The number of nitrogens with two attached hydrogens (primary N) is 1. The molecule has 14 heteroatoms. The Balaban J connectivity index is 1.79. The maximum atomic E-state index is 12.6. The fourth-order valence-electron chi connectivity index (χ4n) is 5.33. The van der Waals surface area contributed by atoms with Crippen molar-refractivity contribution in [3.05, 3.63) is 60.8 Å². The van der Waals surface area contributed by atoms with Crippen molar-refractivity contribution in [3.63, 3.8) is 0 Å². The first-order chi connectivity index (χ1) is 22.3. The number of aliphatic hydroxyl groups excluding tert-OH is 5. The van der Waals surface area contributed by atoms with E-state index in [-0.39, 0.29) is 25.4 Å². The second-order valence-electron chi connectivity index (χ2n) is 12.1. The van der Waals surface area contributed by atoms with Gasteiger partial charge in [-0.3, -0.25) is 9.59 Å². The first kappa shape index (κ1) is 38.4. The minimum Gasteiger partial charge on any atom is -0.481 e. The van der Waals surface area contributed by atoms with Crippen molar-refractivity contribution in [2.45, 2.75) is 119 Å². The third-order valence-corrected chi connectivity index (χ3v) is 8.05. The fourth-order valence-corrected chi connectivity index (χ4v) is 5.33. The van der Waals surface area contributed by atoms with E-state index < -0.39 is 97.3 Å². The molecule has 0 aromatic carbocycles. The molecular weight excluding hydrogens is 618 g/mol. The molecule has 47 heavy (non-hydrogen) atoms. The molecule has 262 valence electrons. The first-order valence-electron chi connectivity index (χ1n) is 15.7. The highest BCUT2D eigenvalue weighted by Crippen LogP contribution is 2.29. The SMILES string of the molecule is CC1C/C=C/C=C/C=C/C=C\C(O[C@@H]2O[C@H](C)[C@@H](O)[C@H](N)[C@@H]2O)CC(O)C(C(=O)O)C(O)CC(=O)CC(O)CC2OC2/C=C/C(=O)O1. The average molecular weight is 666 g/mol. The molecule has 2 fully saturated rings. The lowest BCUT2D eigenvalue weighted by atomic mass is 9.88. The van der Waals surface area contributed by atoms with Gasteiger partial charge in [-0.15, -0.1) is 0 Å². The Hall–Kier alpha value is -3.05. The highest BCUT2D eigenvalue weighted by molar-refractivity contribution is 5.82. The molecule has 14 nitrogen and oxygen atoms in total. The van der Waals surface area contributed by atoms with Crippen molar-refractivity contribution >= 4 is 17.7 Å². The van der Waals surface area contributed by atoms with Crippen LogP contribution in [0, 0.1) is 5.92 Å². The van der Waals surface area contributed by atoms with Crippen LogP contribution in [0.4, 0.5) is 0 Å². The Morgan fingerprint density at radius 1 is 0.872 bits per heavy atom. The maximum absolute atomic E-state index is 12.6. The van der Waals surface area contributed by atoms with Gasteiger partial charge in [0, 0.05) is 38.2 Å². The van der Waals surface area contributed by atoms with Gasteiger partial charge >= 0.3 is 11.9 Å². The topological polar surface area (TPSA) is 239 Å². The number of ether oxygens (including phenoxy) is 4. The Kier molecular flexibility index (Phi) is 15.1. The number of carbonyl (C=O) groups excluding carboxylic acids is 2. The summed E-state index contributed by atoms with van der Waals surface area (Å²) >= 11 is 0. The number of rotatable bonds is 3. The molecule has 0 amide bonds. The zero-order chi connectivity index (χ0) is 34.7. The molecule has 0 saturated carbocycles. The second-order valence-corrected chi connectivity index (χ2v) is 12.1. The maximum Gasteiger partial charge on any atom is 0.330 e. The van der Waals surface area contributed by atoms with Crippen molar-refractivity contribution in [3.8, 4) is 0 Å². The van der Waals surface area contributed by atoms with Gasteiger partial charge in [0.1, 0.15) is 30.0 Å². The van der Waals surface area contributed by atoms with Gasteiger partial charge in [-0.05, 0) is 19.9 Å². The lowest BCUT2D eigenvalue weighted by Crippen LogP contribution is -2.61. The van der Waals surface area contributed by atoms with Crippen LogP contribution in [0.1, 0.15) is 46.0 Å². The number of Topliss-reactive ketones (excluding diaryl/α,β-unsaturated/α-hetero) is 1. The molecule has 3 rings (SSSR count). The number of aliphatic hydroxyl groups is 5. The van der Waals surface area contributed by atoms with E-state index in [1.54, 1.807) is 43.4 Å². The quantitative estimate of drug-likeness (QED) is 0.155. The summed E-state index contributed by atoms with van der Waals surface area (Å²) in [6.45, 7) is 3.29. The van der Waals surface area contributed by atoms with Crippen LogP contribution in [0.5, 0.6) is 0 Å². The van der Waals surface area contributed by atoms with Crippen LogP contribution in [0.2, 0.25) is 0 Å². The number of cyclic esters (lactones) is 1. The molecule has 0 bridgehead atoms. The second kappa shape index (κ2) is 18.5. The van der Waals surface area contributed by atoms with Crippen LogP contribution in [-0.4, -0.2) is 122 Å². The Morgan fingerprint density at radius 3 is 2.26 bits per heavy atom. The number of ketones is 1. The van der Waals surface area contributed by atoms with Crippen LogP contribution in [-0.2, 0) is 33.3 Å². The summed E-state index contributed by atoms with van der Waals surface area (Å²) in [7, 11) is 0. The molecule has 2 saturated heterocycles. The number of esters is 1. The Bertz CT molecular complexity index is 1200. The number of allylic oxidation sites excluding steroid dienone is 6. The normalized spacial score (nSPS) is 43.4. The number of carboxylic acids is 1. The molecule has 0 aromatic rings. The minimum absolute atomic E-state index is 0.0692. The molecule has 8 unspecified atom stereocenters. The molecule has 0 spiro atoms. The summed E-state index contributed by atoms with van der Waals surface area (Å²) in [4.78, 5) is 36.9. The van der Waals surface area contributed by atoms with Gasteiger partial charge in [0.25, 0.3) is 0 Å². The molecule has 0 aromatic heterocycles. The highest BCUT2D eigenvalue weighted by atomic mass is 16.7. The average Bonchev–Trinajstić information content (AvgIpc) is 3.72. The number of carbonyl (C=O) groups is 3. The Morgan fingerprint density at radius 2 is 1.55 bits per heavy atom. The van der Waals surface area contributed by atoms with Gasteiger partial charge < -0.3 is 55.3 Å². The van der Waals surface area contributed by atoms with Gasteiger partial charge in [-0.25, -0.2) is 4.79 Å². The van der Waals surface area contributed by atoms with Crippen LogP contribution in [0.15, 0.2) is 60.8 Å². The standard InChI is InChI=1S/C33H47NO13/c1-18-10-8-6-4-3-5-7-9-11-22(46-33-31(41)29(34)30(40)19(2)45-33)17-24(38)28(32(42)43)23(37)15-20(35)14-21(36)16-26-25(47-26)12-13-27(39)44-18/h3-9,11-13,18-19,21-26,28-31,33,36-38,40-41H,10,14-17,34H2,1-2H3,(H,42,43)/b4-3+,7-5+,8-6+,11-9-,13-12+/t18?,19-,21?,22?,23?,24?,25?,26?,28?,29+,30-,31+,33+/m1/s1. The smallest absolute Gasteiger partial charge is 0.330 e. The molecule has 3 aliphatic heterocycles. The fraction of sp³-hybridized carbons (Fsp3) is 0.606. The van der Waals surface area contributed by atoms with Crippen molar-refractivity contribution in [2.24, 2.45) is 11.7 Å². The van der Waals surface area contributed by atoms with Crippen molar-refractivity contribution < 1.29 is 64.0 Å². The third-order valence-electron chi connectivity index (χ3n) is 8.05. The molecule has 0 aliphatic carbocycles. The van der Waals surface area contributed by atoms with Crippen molar-refractivity contribution in [1.82, 2.24) is 0 Å². The lowest BCUT2D eigenvalue weighted by Gasteiger charge is -2.41.